The zero-order valence-electron chi connectivity index (χ0n) is 16.8. The summed E-state index contributed by atoms with van der Waals surface area (Å²) < 4.78 is 58.8. The number of H-pyrrole nitrogens is 1. The lowest BCUT2D eigenvalue weighted by molar-refractivity contribution is -0.0581. The highest BCUT2D eigenvalue weighted by molar-refractivity contribution is 7.77. The molecule has 2 heterocycles. The second-order valence-corrected chi connectivity index (χ2v) is 8.54. The van der Waals surface area contributed by atoms with E-state index in [9.17, 15) is 22.3 Å². The van der Waals surface area contributed by atoms with Crippen molar-refractivity contribution in [3.63, 3.8) is 0 Å². The van der Waals surface area contributed by atoms with E-state index in [-0.39, 0.29) is 43.9 Å². The highest BCUT2D eigenvalue weighted by Gasteiger charge is 2.36. The van der Waals surface area contributed by atoms with Crippen LogP contribution in [0.25, 0.3) is 22.0 Å². The number of hydrogen-bond acceptors (Lipinski definition) is 4. The number of benzene rings is 1. The monoisotopic (exact) mass is 450 g/mol. The van der Waals surface area contributed by atoms with Gasteiger partial charge in [-0.2, -0.15) is 0 Å². The number of halogens is 2. The van der Waals surface area contributed by atoms with Crippen molar-refractivity contribution in [3.05, 3.63) is 52.6 Å². The second-order valence-electron chi connectivity index (χ2n) is 7.78. The van der Waals surface area contributed by atoms with Crippen molar-refractivity contribution in [1.82, 2.24) is 14.3 Å². The number of aryl methyl sites for hydroxylation is 1. The minimum atomic E-state index is -2.65. The molecule has 1 saturated carbocycles. The normalized spacial score (nSPS) is 17.7. The van der Waals surface area contributed by atoms with Crippen molar-refractivity contribution in [2.24, 2.45) is 7.05 Å². The van der Waals surface area contributed by atoms with Crippen molar-refractivity contribution < 1.29 is 22.3 Å². The maximum absolute atomic E-state index is 13.5. The summed E-state index contributed by atoms with van der Waals surface area (Å²) >= 11 is -2.41. The third-order valence-electron chi connectivity index (χ3n) is 5.58. The Balaban J connectivity index is 1.76. The molecule has 0 bridgehead atoms. The van der Waals surface area contributed by atoms with Gasteiger partial charge in [0.15, 0.2) is 0 Å². The standard InChI is InChI=1S/C21H23F2N3O4S/c1-26-12-17(15-6-9-24-19(15)20(26)27)16-10-13(11-25-31(28)29)2-3-18(16)30-14-4-7-21(22,23)8-5-14/h2-3,6,9-10,12,14,24-25H,4-5,7-8,11H2,1H3,(H,28,29)/p-1. The van der Waals surface area contributed by atoms with Crippen molar-refractivity contribution in [2.45, 2.75) is 44.3 Å². The van der Waals surface area contributed by atoms with Crippen LogP contribution in [0.3, 0.4) is 0 Å². The largest absolute Gasteiger partial charge is 0.760 e. The first-order valence-electron chi connectivity index (χ1n) is 9.91. The molecule has 1 fully saturated rings. The van der Waals surface area contributed by atoms with Crippen LogP contribution in [0.1, 0.15) is 31.2 Å². The predicted octanol–water partition coefficient (Wildman–Crippen LogP) is 3.37. The summed E-state index contributed by atoms with van der Waals surface area (Å²) in [5.41, 5.74) is 2.33. The van der Waals surface area contributed by atoms with E-state index in [4.69, 9.17) is 4.74 Å². The molecule has 1 unspecified atom stereocenters. The van der Waals surface area contributed by atoms with Gasteiger partial charge in [0, 0.05) is 66.6 Å². The minimum Gasteiger partial charge on any atom is -0.760 e. The van der Waals surface area contributed by atoms with E-state index in [0.29, 0.717) is 27.8 Å². The summed E-state index contributed by atoms with van der Waals surface area (Å²) in [5.74, 6) is -2.15. The Morgan fingerprint density at radius 2 is 2.03 bits per heavy atom. The number of nitrogens with zero attached hydrogens (tertiary/aromatic N) is 1. The molecular weight excluding hydrogens is 428 g/mol. The first-order valence-corrected chi connectivity index (χ1v) is 11.0. The van der Waals surface area contributed by atoms with Crippen molar-refractivity contribution >= 4 is 22.2 Å². The van der Waals surface area contributed by atoms with Crippen molar-refractivity contribution in [3.8, 4) is 16.9 Å². The van der Waals surface area contributed by atoms with Crippen LogP contribution in [0.2, 0.25) is 0 Å². The number of rotatable bonds is 6. The third-order valence-corrected chi connectivity index (χ3v) is 5.96. The summed E-state index contributed by atoms with van der Waals surface area (Å²) in [7, 11) is 1.64. The number of aromatic amines is 1. The Morgan fingerprint density at radius 1 is 1.29 bits per heavy atom. The van der Waals surface area contributed by atoms with Crippen LogP contribution in [-0.4, -0.2) is 30.3 Å². The molecule has 0 spiro atoms. The summed E-state index contributed by atoms with van der Waals surface area (Å²) in [6.45, 7) is 0.0844. The van der Waals surface area contributed by atoms with Crippen LogP contribution in [-0.2, 0) is 24.9 Å². The van der Waals surface area contributed by atoms with E-state index in [2.05, 4.69) is 9.71 Å². The molecule has 10 heteroatoms. The molecule has 1 aromatic carbocycles. The van der Waals surface area contributed by atoms with Gasteiger partial charge in [-0.05, 0) is 36.6 Å². The molecule has 1 aliphatic carbocycles. The van der Waals surface area contributed by atoms with Crippen LogP contribution >= 0.6 is 0 Å². The summed E-state index contributed by atoms with van der Waals surface area (Å²) in [4.78, 5) is 15.4. The highest BCUT2D eigenvalue weighted by Crippen LogP contribution is 2.39. The van der Waals surface area contributed by atoms with E-state index in [1.54, 1.807) is 43.7 Å². The Bertz CT molecular complexity index is 1180. The van der Waals surface area contributed by atoms with Crippen LogP contribution in [0, 0.1) is 0 Å². The molecule has 3 aromatic rings. The van der Waals surface area contributed by atoms with Gasteiger partial charge < -0.3 is 18.8 Å². The molecule has 0 amide bonds. The van der Waals surface area contributed by atoms with Gasteiger partial charge in [0.2, 0.25) is 5.92 Å². The highest BCUT2D eigenvalue weighted by atomic mass is 32.2. The van der Waals surface area contributed by atoms with E-state index >= 15 is 0 Å². The minimum absolute atomic E-state index is 0.0844. The first-order chi connectivity index (χ1) is 14.7. The summed E-state index contributed by atoms with van der Waals surface area (Å²) in [6, 6.07) is 7.02. The topological polar surface area (TPSA) is 99.2 Å². The molecule has 0 saturated heterocycles. The van der Waals surface area contributed by atoms with Gasteiger partial charge in [-0.1, -0.05) is 6.07 Å². The van der Waals surface area contributed by atoms with Crippen LogP contribution in [0.4, 0.5) is 8.78 Å². The molecule has 2 aromatic heterocycles. The number of hydrogen-bond donors (Lipinski definition) is 2. The fraction of sp³-hybridized carbons (Fsp3) is 0.381. The van der Waals surface area contributed by atoms with Gasteiger partial charge in [0.05, 0.1) is 6.10 Å². The molecule has 1 atom stereocenters. The third kappa shape index (κ3) is 4.70. The lowest BCUT2D eigenvalue weighted by atomic mass is 9.94. The van der Waals surface area contributed by atoms with Crippen LogP contribution in [0.15, 0.2) is 41.5 Å². The van der Waals surface area contributed by atoms with Gasteiger partial charge in [-0.3, -0.25) is 9.00 Å². The van der Waals surface area contributed by atoms with E-state index in [0.717, 1.165) is 5.56 Å². The van der Waals surface area contributed by atoms with E-state index < -0.39 is 17.2 Å². The molecular formula is C21H22F2N3O4S-. The Labute approximate surface area is 179 Å². The van der Waals surface area contributed by atoms with Crippen molar-refractivity contribution in [1.29, 1.82) is 0 Å². The first kappa shape index (κ1) is 21.7. The average Bonchev–Trinajstić information content (AvgIpc) is 3.22. The molecule has 2 N–H and O–H groups in total. The molecule has 4 rings (SSSR count). The molecule has 31 heavy (non-hydrogen) atoms. The zero-order chi connectivity index (χ0) is 22.2. The van der Waals surface area contributed by atoms with Crippen LogP contribution < -0.4 is 15.0 Å². The van der Waals surface area contributed by atoms with Crippen LogP contribution in [0.5, 0.6) is 5.75 Å². The molecule has 1 aliphatic rings. The van der Waals surface area contributed by atoms with Gasteiger partial charge in [-0.25, -0.2) is 13.5 Å². The lowest BCUT2D eigenvalue weighted by Gasteiger charge is -2.29. The Hall–Kier alpha value is -2.56. The summed E-state index contributed by atoms with van der Waals surface area (Å²) in [6.07, 6.45) is 3.09. The van der Waals surface area contributed by atoms with Gasteiger partial charge in [0.25, 0.3) is 5.56 Å². The zero-order valence-corrected chi connectivity index (χ0v) is 17.6. The number of alkyl halides is 2. The van der Waals surface area contributed by atoms with E-state index in [1.807, 2.05) is 0 Å². The van der Waals surface area contributed by atoms with Crippen molar-refractivity contribution in [2.75, 3.05) is 0 Å². The molecule has 0 aliphatic heterocycles. The average molecular weight is 450 g/mol. The SMILES string of the molecule is Cn1cc(-c2cc(CNS(=O)[O-])ccc2OC2CCC(F)(F)CC2)c2cc[nH]c2c1=O. The van der Waals surface area contributed by atoms with Gasteiger partial charge >= 0.3 is 0 Å². The summed E-state index contributed by atoms with van der Waals surface area (Å²) in [5, 5.41) is 0.695. The maximum Gasteiger partial charge on any atom is 0.274 e. The quantitative estimate of drug-likeness (QED) is 0.563. The number of aromatic nitrogens is 2. The smallest absolute Gasteiger partial charge is 0.274 e. The van der Waals surface area contributed by atoms with Gasteiger partial charge in [0.1, 0.15) is 11.3 Å². The number of fused-ring (bicyclic) bond motifs is 1. The second kappa shape index (κ2) is 8.52. The maximum atomic E-state index is 13.5. The molecule has 7 nitrogen and oxygen atoms in total. The van der Waals surface area contributed by atoms with Gasteiger partial charge in [-0.15, -0.1) is 0 Å². The molecule has 166 valence electrons. The van der Waals surface area contributed by atoms with E-state index in [1.165, 1.54) is 4.57 Å². The number of nitrogens with one attached hydrogen (secondary N) is 2. The number of ether oxygens (including phenoxy) is 1. The lowest BCUT2D eigenvalue weighted by Crippen LogP contribution is -2.30. The predicted molar refractivity (Wildman–Crippen MR) is 113 cm³/mol. The molecule has 0 radical (unpaired) electrons. The fourth-order valence-electron chi connectivity index (χ4n) is 3.94. The number of pyridine rings is 1. The Kier molecular flexibility index (Phi) is 5.96. The Morgan fingerprint density at radius 3 is 2.74 bits per heavy atom. The fourth-order valence-corrected chi connectivity index (χ4v) is 4.22.